The molecule has 0 fully saturated rings. The van der Waals surface area contributed by atoms with Gasteiger partial charge in [-0.15, -0.1) is 0 Å². The zero-order chi connectivity index (χ0) is 13.7. The van der Waals surface area contributed by atoms with Gasteiger partial charge >= 0.3 is 0 Å². The Balaban J connectivity index is 2.07. The third kappa shape index (κ3) is 4.43. The van der Waals surface area contributed by atoms with Crippen LogP contribution in [0.5, 0.6) is 0 Å². The van der Waals surface area contributed by atoms with Crippen LogP contribution < -0.4 is 0 Å². The second-order valence-electron chi connectivity index (χ2n) is 4.65. The van der Waals surface area contributed by atoms with Crippen LogP contribution in [0.1, 0.15) is 11.1 Å². The van der Waals surface area contributed by atoms with E-state index in [4.69, 9.17) is 0 Å². The Labute approximate surface area is 130 Å². The van der Waals surface area contributed by atoms with Crippen LogP contribution in [-0.4, -0.2) is 5.33 Å². The first-order valence-corrected chi connectivity index (χ1v) is 8.14. The van der Waals surface area contributed by atoms with E-state index in [1.54, 1.807) is 12.1 Å². The monoisotopic (exact) mass is 384 g/mol. The van der Waals surface area contributed by atoms with Crippen molar-refractivity contribution in [1.29, 1.82) is 0 Å². The maximum atomic E-state index is 13.2. The van der Waals surface area contributed by atoms with Crippen molar-refractivity contribution >= 4 is 31.9 Å². The molecule has 2 aromatic carbocycles. The van der Waals surface area contributed by atoms with Crippen LogP contribution in [0.3, 0.4) is 0 Å². The van der Waals surface area contributed by atoms with Crippen molar-refractivity contribution in [3.63, 3.8) is 0 Å². The van der Waals surface area contributed by atoms with Gasteiger partial charge in [0.1, 0.15) is 5.82 Å². The van der Waals surface area contributed by atoms with E-state index in [2.05, 4.69) is 44.0 Å². The number of benzene rings is 2. The van der Waals surface area contributed by atoms with E-state index in [9.17, 15) is 4.39 Å². The quantitative estimate of drug-likeness (QED) is 0.605. The summed E-state index contributed by atoms with van der Waals surface area (Å²) in [5, 5.41) is 0.908. The van der Waals surface area contributed by atoms with E-state index in [0.717, 1.165) is 28.2 Å². The van der Waals surface area contributed by atoms with Gasteiger partial charge in [-0.2, -0.15) is 0 Å². The first-order chi connectivity index (χ1) is 9.19. The fourth-order valence-electron chi connectivity index (χ4n) is 2.15. The number of hydrogen-bond acceptors (Lipinski definition) is 0. The topological polar surface area (TPSA) is 0 Å². The lowest BCUT2D eigenvalue weighted by atomic mass is 9.94. The second-order valence-corrected chi connectivity index (χ2v) is 6.15. The number of alkyl halides is 1. The van der Waals surface area contributed by atoms with Crippen LogP contribution in [0.25, 0.3) is 0 Å². The molecule has 1 unspecified atom stereocenters. The summed E-state index contributed by atoms with van der Waals surface area (Å²) < 4.78 is 14.3. The fraction of sp³-hybridized carbons (Fsp3) is 0.250. The van der Waals surface area contributed by atoms with Crippen LogP contribution in [0, 0.1) is 11.7 Å². The highest BCUT2D eigenvalue weighted by Crippen LogP contribution is 2.23. The predicted molar refractivity (Wildman–Crippen MR) is 85.2 cm³/mol. The molecule has 2 rings (SSSR count). The molecule has 19 heavy (non-hydrogen) atoms. The predicted octanol–water partition coefficient (Wildman–Crippen LogP) is 5.38. The van der Waals surface area contributed by atoms with E-state index >= 15 is 0 Å². The fourth-order valence-corrected chi connectivity index (χ4v) is 3.06. The van der Waals surface area contributed by atoms with Crippen molar-refractivity contribution in [2.45, 2.75) is 12.8 Å². The highest BCUT2D eigenvalue weighted by atomic mass is 79.9. The largest absolute Gasteiger partial charge is 0.207 e. The molecule has 0 bridgehead atoms. The third-order valence-electron chi connectivity index (χ3n) is 3.10. The zero-order valence-electron chi connectivity index (χ0n) is 10.5. The minimum atomic E-state index is -0.160. The third-order valence-corrected chi connectivity index (χ3v) is 4.79. The van der Waals surface area contributed by atoms with Gasteiger partial charge in [0.2, 0.25) is 0 Å². The van der Waals surface area contributed by atoms with Gasteiger partial charge < -0.3 is 0 Å². The minimum Gasteiger partial charge on any atom is -0.207 e. The smallest absolute Gasteiger partial charge is 0.123 e. The highest BCUT2D eigenvalue weighted by molar-refractivity contribution is 9.10. The molecule has 0 aliphatic carbocycles. The molecule has 0 nitrogen and oxygen atoms in total. The van der Waals surface area contributed by atoms with E-state index < -0.39 is 0 Å². The standard InChI is InChI=1S/C16H15Br2F/c17-11-13(8-12-4-3-6-15(19)10-12)9-14-5-1-2-7-16(14)18/h1-7,10,13H,8-9,11H2. The lowest BCUT2D eigenvalue weighted by molar-refractivity contribution is 0.581. The Morgan fingerprint density at radius 2 is 1.79 bits per heavy atom. The molecule has 0 aliphatic rings. The number of hydrogen-bond donors (Lipinski definition) is 0. The Hall–Kier alpha value is -0.670. The molecular formula is C16H15Br2F. The summed E-state index contributed by atoms with van der Waals surface area (Å²) in [5.74, 6) is 0.298. The van der Waals surface area contributed by atoms with Crippen molar-refractivity contribution in [2.75, 3.05) is 5.33 Å². The Morgan fingerprint density at radius 3 is 2.47 bits per heavy atom. The Bertz CT molecular complexity index is 540. The van der Waals surface area contributed by atoms with E-state index in [-0.39, 0.29) is 5.82 Å². The summed E-state index contributed by atoms with van der Waals surface area (Å²) in [6.07, 6.45) is 1.85. The van der Waals surface area contributed by atoms with Gasteiger partial charge in [-0.3, -0.25) is 0 Å². The summed E-state index contributed by atoms with van der Waals surface area (Å²) in [7, 11) is 0. The van der Waals surface area contributed by atoms with Gasteiger partial charge in [-0.25, -0.2) is 4.39 Å². The molecule has 0 radical (unpaired) electrons. The average molecular weight is 386 g/mol. The first-order valence-electron chi connectivity index (χ1n) is 6.23. The molecule has 3 heteroatoms. The summed E-state index contributed by atoms with van der Waals surface area (Å²) in [5.41, 5.74) is 2.35. The molecule has 0 spiro atoms. The molecule has 0 aromatic heterocycles. The molecule has 0 aliphatic heterocycles. The zero-order valence-corrected chi connectivity index (χ0v) is 13.6. The van der Waals surface area contributed by atoms with Crippen LogP contribution in [0.2, 0.25) is 0 Å². The first kappa shape index (κ1) is 14.7. The SMILES string of the molecule is Fc1cccc(CC(CBr)Cc2ccccc2Br)c1. The van der Waals surface area contributed by atoms with Crippen molar-refractivity contribution in [1.82, 2.24) is 0 Å². The molecule has 0 N–H and O–H groups in total. The van der Waals surface area contributed by atoms with Gasteiger partial charge in [0.25, 0.3) is 0 Å². The molecule has 2 aromatic rings. The maximum Gasteiger partial charge on any atom is 0.123 e. The van der Waals surface area contributed by atoms with Crippen LogP contribution in [0.4, 0.5) is 4.39 Å². The van der Waals surface area contributed by atoms with Crippen molar-refractivity contribution in [3.8, 4) is 0 Å². The highest BCUT2D eigenvalue weighted by Gasteiger charge is 2.11. The molecule has 1 atom stereocenters. The van der Waals surface area contributed by atoms with Gasteiger partial charge in [0.15, 0.2) is 0 Å². The van der Waals surface area contributed by atoms with E-state index in [0.29, 0.717) is 5.92 Å². The molecule has 100 valence electrons. The lowest BCUT2D eigenvalue weighted by Gasteiger charge is -2.15. The normalized spacial score (nSPS) is 12.4. The Morgan fingerprint density at radius 1 is 1.00 bits per heavy atom. The van der Waals surface area contributed by atoms with E-state index in [1.165, 1.54) is 11.6 Å². The van der Waals surface area contributed by atoms with Crippen LogP contribution in [0.15, 0.2) is 53.0 Å². The van der Waals surface area contributed by atoms with Gasteiger partial charge in [-0.1, -0.05) is 62.2 Å². The lowest BCUT2D eigenvalue weighted by Crippen LogP contribution is -2.10. The molecular weight excluding hydrogens is 371 g/mol. The Kier molecular flexibility index (Phi) is 5.59. The number of rotatable bonds is 5. The molecule has 0 heterocycles. The van der Waals surface area contributed by atoms with Crippen LogP contribution >= 0.6 is 31.9 Å². The maximum absolute atomic E-state index is 13.2. The molecule has 0 saturated heterocycles. The van der Waals surface area contributed by atoms with Gasteiger partial charge in [-0.05, 0) is 48.1 Å². The van der Waals surface area contributed by atoms with E-state index in [1.807, 2.05) is 18.2 Å². The van der Waals surface area contributed by atoms with Crippen molar-refractivity contribution in [3.05, 3.63) is 69.9 Å². The molecule has 0 amide bonds. The summed E-state index contributed by atoms with van der Waals surface area (Å²) in [4.78, 5) is 0. The summed E-state index contributed by atoms with van der Waals surface area (Å²) in [6, 6.07) is 15.1. The average Bonchev–Trinajstić information content (AvgIpc) is 2.40. The van der Waals surface area contributed by atoms with Crippen molar-refractivity contribution in [2.24, 2.45) is 5.92 Å². The summed E-state index contributed by atoms with van der Waals surface area (Å²) in [6.45, 7) is 0. The summed E-state index contributed by atoms with van der Waals surface area (Å²) >= 11 is 7.14. The van der Waals surface area contributed by atoms with Gasteiger partial charge in [0, 0.05) is 9.80 Å². The molecule has 0 saturated carbocycles. The van der Waals surface area contributed by atoms with Crippen molar-refractivity contribution < 1.29 is 4.39 Å². The minimum absolute atomic E-state index is 0.160. The number of halogens is 3. The van der Waals surface area contributed by atoms with Crippen LogP contribution in [-0.2, 0) is 12.8 Å². The van der Waals surface area contributed by atoms with Gasteiger partial charge in [0.05, 0.1) is 0 Å². The second kappa shape index (κ2) is 7.20.